The first-order valence-corrected chi connectivity index (χ1v) is 5.91. The number of guanidine groups is 1. The summed E-state index contributed by atoms with van der Waals surface area (Å²) in [6.45, 7) is -2.91. The van der Waals surface area contributed by atoms with Gasteiger partial charge in [0.05, 0.1) is 17.7 Å². The lowest BCUT2D eigenvalue weighted by atomic mass is 10.2. The van der Waals surface area contributed by atoms with Gasteiger partial charge in [0.15, 0.2) is 11.6 Å². The van der Waals surface area contributed by atoms with Crippen LogP contribution in [0.1, 0.15) is 62.0 Å². The van der Waals surface area contributed by atoms with Gasteiger partial charge >= 0.3 is 11.9 Å². The summed E-state index contributed by atoms with van der Waals surface area (Å²) in [4.78, 5) is 24.8. The fourth-order valence-corrected chi connectivity index (χ4v) is 0.995. The van der Waals surface area contributed by atoms with Crippen LogP contribution in [-0.2, 0) is 9.53 Å². The van der Waals surface area contributed by atoms with Crippen molar-refractivity contribution in [2.75, 3.05) is 13.1 Å². The molecule has 0 aliphatic rings. The number of carbonyl (C=O) groups is 2. The molecule has 0 atom stereocenters. The van der Waals surface area contributed by atoms with E-state index in [4.69, 9.17) is 24.8 Å². The topological polar surface area (TPSA) is 115 Å². The maximum absolute atomic E-state index is 12.8. The zero-order chi connectivity index (χ0) is 32.7. The van der Waals surface area contributed by atoms with Gasteiger partial charge < -0.3 is 20.5 Å². The quantitative estimate of drug-likeness (QED) is 0.274. The highest BCUT2D eigenvalue weighted by atomic mass is 16.5. The number of carbonyl (C=O) groups excluding carboxylic acids is 2. The van der Waals surface area contributed by atoms with E-state index in [1.807, 2.05) is 0 Å². The van der Waals surface area contributed by atoms with E-state index in [2.05, 4.69) is 14.9 Å². The Hall–Kier alpha value is -2.57. The molecular weight excluding hydrogens is 298 g/mol. The van der Waals surface area contributed by atoms with Crippen molar-refractivity contribution < 1.29 is 43.9 Å². The molecule has 0 bridgehead atoms. The summed E-state index contributed by atoms with van der Waals surface area (Å²) in [6.07, 6.45) is -17.4. The molecule has 1 rings (SSSR count). The standard InChI is InChI=1S/C16H23N3O4/c1-2-22-15(21)12-7-9-13(10-8-12)23-14(20)6-4-3-5-11-19-16(17)18/h7-10H,2-6,11H2,1H3,(H4,17,18,19)/i3D2,4D2,5D2,6D2,7D,8D,9D,10D,11D2/hD4. The molecule has 0 amide bonds. The molecule has 0 saturated heterocycles. The molecule has 23 heavy (non-hydrogen) atoms. The van der Waals surface area contributed by atoms with Gasteiger partial charge in [0.1, 0.15) is 5.75 Å². The fourth-order valence-electron chi connectivity index (χ4n) is 0.995. The third-order valence-electron chi connectivity index (χ3n) is 1.78. The maximum atomic E-state index is 12.8. The molecule has 0 aliphatic heterocycles. The van der Waals surface area contributed by atoms with Gasteiger partial charge in [-0.1, -0.05) is 6.37 Å². The highest BCUT2D eigenvalue weighted by Crippen LogP contribution is 2.14. The summed E-state index contributed by atoms with van der Waals surface area (Å²) in [5.74, 6) is -6.52. The van der Waals surface area contributed by atoms with Crippen molar-refractivity contribution >= 4 is 17.9 Å². The number of hydrogen-bond donors (Lipinski definition) is 3. The van der Waals surface area contributed by atoms with Gasteiger partial charge in [0.25, 0.3) is 0 Å². The van der Waals surface area contributed by atoms with Gasteiger partial charge in [0, 0.05) is 26.6 Å². The number of esters is 2. The second-order valence-electron chi connectivity index (χ2n) is 3.34. The lowest BCUT2D eigenvalue weighted by molar-refractivity contribution is -0.134. The Bertz CT molecular complexity index is 1190. The minimum atomic E-state index is -4.42. The van der Waals surface area contributed by atoms with Gasteiger partial charge in [-0.15, -0.1) is 0 Å². The normalized spacial score (nSPS) is 25.2. The number of nitrogens with two attached hydrogens (primary N) is 1. The Morgan fingerprint density at radius 3 is 2.87 bits per heavy atom. The summed E-state index contributed by atoms with van der Waals surface area (Å²) in [5, 5.41) is 1.74. The molecule has 4 N–H and O–H groups in total. The average Bonchev–Trinajstić information content (AvgIpc) is 2.85. The Balaban J connectivity index is 3.64. The van der Waals surface area contributed by atoms with E-state index in [0.29, 0.717) is 0 Å². The summed E-state index contributed by atoms with van der Waals surface area (Å²) < 4.78 is 149. The molecule has 0 fully saturated rings. The second-order valence-corrected chi connectivity index (χ2v) is 3.34. The Labute approximate surface area is 161 Å². The average molecular weight is 339 g/mol. The lowest BCUT2D eigenvalue weighted by Crippen LogP contribution is -2.30. The van der Waals surface area contributed by atoms with Crippen LogP contribution in [0.3, 0.4) is 0 Å². The Morgan fingerprint density at radius 2 is 2.22 bits per heavy atom. The predicted molar refractivity (Wildman–Crippen MR) is 86.4 cm³/mol. The molecule has 0 aromatic heterocycles. The van der Waals surface area contributed by atoms with Crippen molar-refractivity contribution in [3.05, 3.63) is 29.7 Å². The smallest absolute Gasteiger partial charge is 0.338 e. The van der Waals surface area contributed by atoms with Crippen LogP contribution in [0.25, 0.3) is 0 Å². The lowest BCUT2D eigenvalue weighted by Gasteiger charge is -2.06. The molecule has 1 aromatic carbocycles. The van der Waals surface area contributed by atoms with Crippen LogP contribution in [0, 0.1) is 5.40 Å². The zero-order valence-corrected chi connectivity index (χ0v) is 11.7. The van der Waals surface area contributed by atoms with E-state index in [1.165, 1.54) is 6.92 Å². The van der Waals surface area contributed by atoms with Gasteiger partial charge in [0.2, 0.25) is 0 Å². The third kappa shape index (κ3) is 7.85. The van der Waals surface area contributed by atoms with Crippen molar-refractivity contribution in [3.8, 4) is 5.75 Å². The van der Waals surface area contributed by atoms with Crippen LogP contribution in [-0.4, -0.2) is 31.0 Å². The maximum Gasteiger partial charge on any atom is 0.338 e. The van der Waals surface area contributed by atoms with Gasteiger partial charge in [-0.05, 0) is 43.8 Å². The van der Waals surface area contributed by atoms with Crippen LogP contribution in [0.2, 0.25) is 5.65 Å². The largest absolute Gasteiger partial charge is 0.462 e. The number of ether oxygens (including phenoxy) is 2. The van der Waals surface area contributed by atoms with Gasteiger partial charge in [-0.2, -0.15) is 0 Å². The molecule has 0 radical (unpaired) electrons. The summed E-state index contributed by atoms with van der Waals surface area (Å²) in [7, 11) is 0. The van der Waals surface area contributed by atoms with E-state index >= 15 is 0 Å². The van der Waals surface area contributed by atoms with Crippen molar-refractivity contribution in [2.45, 2.75) is 32.4 Å². The van der Waals surface area contributed by atoms with Crippen molar-refractivity contribution in [3.63, 3.8) is 0 Å². The van der Waals surface area contributed by atoms with E-state index in [0.717, 1.165) is 0 Å². The van der Waals surface area contributed by atoms with Gasteiger partial charge in [-0.25, -0.2) is 4.79 Å². The molecule has 126 valence electrons. The first kappa shape index (κ1) is 5.22. The molecule has 0 heterocycles. The summed E-state index contributed by atoms with van der Waals surface area (Å²) in [5.41, 5.74) is -1.49. The molecule has 0 spiro atoms. The highest BCUT2D eigenvalue weighted by Gasteiger charge is 2.08. The van der Waals surface area contributed by atoms with Crippen LogP contribution >= 0.6 is 0 Å². The van der Waals surface area contributed by atoms with Crippen LogP contribution in [0.15, 0.2) is 24.2 Å². The Morgan fingerprint density at radius 1 is 1.43 bits per heavy atom. The third-order valence-corrected chi connectivity index (χ3v) is 1.78. The van der Waals surface area contributed by atoms with E-state index in [1.54, 1.807) is 0 Å². The zero-order valence-electron chi connectivity index (χ0n) is 29.7. The predicted octanol–water partition coefficient (Wildman–Crippen LogP) is 1.81. The molecule has 1 aromatic rings. The molecule has 0 saturated carbocycles. The van der Waals surface area contributed by atoms with Gasteiger partial charge in [-0.3, -0.25) is 10.2 Å². The Kier molecular flexibility index (Phi) is 2.32. The van der Waals surface area contributed by atoms with Crippen LogP contribution < -0.4 is 15.8 Å². The monoisotopic (exact) mass is 339 g/mol. The number of benzene rings is 1. The SMILES string of the molecule is [2H]/N=C(\N([2H])[2H])N([2H])C([2H])([2H])C([2H])([2H])C([2H])([2H])C([2H])([2H])C([2H])([2H])C(=O)Oc1c([2H])c([2H])c(C(=O)OCC)c([2H])c1[2H]. The minimum absolute atomic E-state index is 0.211. The van der Waals surface area contributed by atoms with Crippen molar-refractivity contribution in [1.82, 2.24) is 5.31 Å². The fraction of sp³-hybridized carbons (Fsp3) is 0.438. The number of rotatable bonds is 9. The highest BCUT2D eigenvalue weighted by molar-refractivity contribution is 5.89. The second kappa shape index (κ2) is 10.2. The molecule has 0 unspecified atom stereocenters. The molecule has 7 heteroatoms. The summed E-state index contributed by atoms with van der Waals surface area (Å²) >= 11 is 0. The minimum Gasteiger partial charge on any atom is -0.462 e. The number of nitrogens with one attached hydrogen (secondary N) is 2. The van der Waals surface area contributed by atoms with Crippen LogP contribution in [0.4, 0.5) is 0 Å². The van der Waals surface area contributed by atoms with Crippen molar-refractivity contribution in [1.29, 1.82) is 5.40 Å². The molecule has 7 nitrogen and oxygen atoms in total. The number of hydrogen-bond acceptors (Lipinski definition) is 5. The first-order chi connectivity index (χ1) is 18.3. The van der Waals surface area contributed by atoms with E-state index < -0.39 is 96.4 Å². The molecule has 0 aliphatic carbocycles. The van der Waals surface area contributed by atoms with E-state index in [9.17, 15) is 9.59 Å². The van der Waals surface area contributed by atoms with E-state index in [-0.39, 0.29) is 6.61 Å². The van der Waals surface area contributed by atoms with Crippen LogP contribution in [0.5, 0.6) is 5.75 Å². The summed E-state index contributed by atoms with van der Waals surface area (Å²) in [6, 6.07) is -4.60. The van der Waals surface area contributed by atoms with Crippen molar-refractivity contribution in [2.24, 2.45) is 5.72 Å². The first-order valence-electron chi connectivity index (χ1n) is 14.7. The molecular formula is C16H23N3O4.